The maximum absolute atomic E-state index is 13.3. The number of amides is 1. The van der Waals surface area contributed by atoms with Crippen molar-refractivity contribution >= 4 is 11.9 Å². The van der Waals surface area contributed by atoms with Crippen molar-refractivity contribution in [3.63, 3.8) is 0 Å². The van der Waals surface area contributed by atoms with Gasteiger partial charge in [-0.3, -0.25) is 9.59 Å². The molecule has 1 amide bonds. The van der Waals surface area contributed by atoms with Crippen LogP contribution in [0.4, 0.5) is 4.39 Å². The van der Waals surface area contributed by atoms with Crippen molar-refractivity contribution in [2.24, 2.45) is 5.92 Å². The normalized spacial score (nSPS) is 20.5. The Hall–Kier alpha value is -2.77. The van der Waals surface area contributed by atoms with Gasteiger partial charge in [-0.25, -0.2) is 9.07 Å². The molecule has 0 radical (unpaired) electrons. The minimum absolute atomic E-state index is 0.123. The van der Waals surface area contributed by atoms with Crippen LogP contribution in [0.3, 0.4) is 0 Å². The molecule has 0 bridgehead atoms. The molecule has 2 N–H and O–H groups in total. The molecule has 1 heterocycles. The number of aromatic nitrogens is 3. The standard InChI is InChI=1S/C19H23FN4O3/c20-14-7-5-6-13(10-14)11-24-12-17(22-23-24)18(25)21-16-9-4-2-1-3-8-15(16)19(26)27/h5-7,10,12,15-16H,1-4,8-9,11H2,(H,21,25)(H,26,27). The van der Waals surface area contributed by atoms with E-state index in [1.54, 1.807) is 12.1 Å². The fourth-order valence-electron chi connectivity index (χ4n) is 3.50. The molecule has 1 fully saturated rings. The number of carbonyl (C=O) groups is 2. The number of hydrogen-bond donors (Lipinski definition) is 2. The molecule has 1 aromatic heterocycles. The first-order valence-electron chi connectivity index (χ1n) is 9.21. The van der Waals surface area contributed by atoms with E-state index >= 15 is 0 Å². The van der Waals surface area contributed by atoms with Crippen LogP contribution in [0.5, 0.6) is 0 Å². The first kappa shape index (κ1) is 19.0. The van der Waals surface area contributed by atoms with Crippen LogP contribution in [0.1, 0.15) is 54.6 Å². The zero-order valence-electron chi connectivity index (χ0n) is 15.0. The number of carboxylic acids is 1. The summed E-state index contributed by atoms with van der Waals surface area (Å²) < 4.78 is 14.7. The molecular weight excluding hydrogens is 351 g/mol. The van der Waals surface area contributed by atoms with Gasteiger partial charge >= 0.3 is 5.97 Å². The van der Waals surface area contributed by atoms with Gasteiger partial charge in [0.1, 0.15) is 5.82 Å². The average Bonchev–Trinajstić information content (AvgIpc) is 3.05. The Morgan fingerprint density at radius 2 is 2.00 bits per heavy atom. The molecule has 27 heavy (non-hydrogen) atoms. The van der Waals surface area contributed by atoms with Gasteiger partial charge in [0.2, 0.25) is 0 Å². The molecule has 8 heteroatoms. The number of carbonyl (C=O) groups excluding carboxylic acids is 1. The fourth-order valence-corrected chi connectivity index (χ4v) is 3.50. The quantitative estimate of drug-likeness (QED) is 0.838. The van der Waals surface area contributed by atoms with E-state index in [9.17, 15) is 19.1 Å². The number of hydrogen-bond acceptors (Lipinski definition) is 4. The van der Waals surface area contributed by atoms with Crippen LogP contribution in [0.25, 0.3) is 0 Å². The van der Waals surface area contributed by atoms with Crippen molar-refractivity contribution in [1.29, 1.82) is 0 Å². The molecule has 0 aliphatic heterocycles. The van der Waals surface area contributed by atoms with Crippen molar-refractivity contribution in [2.75, 3.05) is 0 Å². The zero-order chi connectivity index (χ0) is 19.2. The lowest BCUT2D eigenvalue weighted by Crippen LogP contribution is -2.44. The lowest BCUT2D eigenvalue weighted by atomic mass is 9.86. The molecule has 0 saturated heterocycles. The van der Waals surface area contributed by atoms with Gasteiger partial charge in [0, 0.05) is 6.04 Å². The molecule has 1 aliphatic carbocycles. The minimum Gasteiger partial charge on any atom is -0.481 e. The number of aliphatic carboxylic acids is 1. The third-order valence-corrected chi connectivity index (χ3v) is 4.90. The maximum Gasteiger partial charge on any atom is 0.308 e. The second-order valence-corrected chi connectivity index (χ2v) is 6.95. The zero-order valence-corrected chi connectivity index (χ0v) is 15.0. The lowest BCUT2D eigenvalue weighted by Gasteiger charge is -2.26. The highest BCUT2D eigenvalue weighted by Crippen LogP contribution is 2.23. The molecule has 0 spiro atoms. The highest BCUT2D eigenvalue weighted by Gasteiger charge is 2.30. The van der Waals surface area contributed by atoms with Gasteiger partial charge < -0.3 is 10.4 Å². The van der Waals surface area contributed by atoms with Gasteiger partial charge in [-0.1, -0.05) is 43.0 Å². The van der Waals surface area contributed by atoms with E-state index in [1.807, 2.05) is 0 Å². The third kappa shape index (κ3) is 5.12. The maximum atomic E-state index is 13.3. The van der Waals surface area contributed by atoms with Crippen molar-refractivity contribution in [2.45, 2.75) is 51.1 Å². The Kier molecular flexibility index (Phi) is 6.16. The summed E-state index contributed by atoms with van der Waals surface area (Å²) in [5.41, 5.74) is 0.829. The predicted molar refractivity (Wildman–Crippen MR) is 95.6 cm³/mol. The smallest absolute Gasteiger partial charge is 0.308 e. The Morgan fingerprint density at radius 3 is 2.74 bits per heavy atom. The summed E-state index contributed by atoms with van der Waals surface area (Å²) in [6.45, 7) is 0.291. The summed E-state index contributed by atoms with van der Waals surface area (Å²) in [5, 5.41) is 20.1. The highest BCUT2D eigenvalue weighted by molar-refractivity contribution is 5.92. The molecule has 2 unspecified atom stereocenters. The summed E-state index contributed by atoms with van der Waals surface area (Å²) in [4.78, 5) is 24.1. The number of nitrogens with one attached hydrogen (secondary N) is 1. The first-order valence-corrected chi connectivity index (χ1v) is 9.21. The van der Waals surface area contributed by atoms with Gasteiger partial charge in [0.25, 0.3) is 5.91 Å². The molecule has 144 valence electrons. The Bertz CT molecular complexity index is 808. The molecule has 2 aromatic rings. The number of rotatable bonds is 5. The molecule has 3 rings (SSSR count). The summed E-state index contributed by atoms with van der Waals surface area (Å²) in [7, 11) is 0. The number of halogens is 1. The van der Waals surface area contributed by atoms with E-state index < -0.39 is 23.8 Å². The van der Waals surface area contributed by atoms with Crippen molar-refractivity contribution in [3.05, 3.63) is 47.5 Å². The van der Waals surface area contributed by atoms with E-state index in [2.05, 4.69) is 15.6 Å². The summed E-state index contributed by atoms with van der Waals surface area (Å²) >= 11 is 0. The van der Waals surface area contributed by atoms with Crippen LogP contribution < -0.4 is 5.32 Å². The van der Waals surface area contributed by atoms with Crippen LogP contribution >= 0.6 is 0 Å². The largest absolute Gasteiger partial charge is 0.481 e. The second kappa shape index (κ2) is 8.75. The Morgan fingerprint density at radius 1 is 1.22 bits per heavy atom. The highest BCUT2D eigenvalue weighted by atomic mass is 19.1. The van der Waals surface area contributed by atoms with Crippen LogP contribution in [-0.4, -0.2) is 38.0 Å². The van der Waals surface area contributed by atoms with E-state index in [4.69, 9.17) is 0 Å². The topological polar surface area (TPSA) is 97.1 Å². The first-order chi connectivity index (χ1) is 13.0. The fraction of sp³-hybridized carbons (Fsp3) is 0.474. The summed E-state index contributed by atoms with van der Waals surface area (Å²) in [6.07, 6.45) is 6.50. The van der Waals surface area contributed by atoms with Gasteiger partial charge in [0.05, 0.1) is 18.7 Å². The van der Waals surface area contributed by atoms with Crippen molar-refractivity contribution < 1.29 is 19.1 Å². The van der Waals surface area contributed by atoms with Crippen molar-refractivity contribution in [3.8, 4) is 0 Å². The van der Waals surface area contributed by atoms with E-state index in [0.29, 0.717) is 24.9 Å². The predicted octanol–water partition coefficient (Wildman–Crippen LogP) is 2.62. The van der Waals surface area contributed by atoms with Crippen molar-refractivity contribution in [1.82, 2.24) is 20.3 Å². The van der Waals surface area contributed by atoms with Gasteiger partial charge in [-0.05, 0) is 30.5 Å². The summed E-state index contributed by atoms with van der Waals surface area (Å²) in [6, 6.07) is 5.71. The second-order valence-electron chi connectivity index (χ2n) is 6.95. The molecule has 1 saturated carbocycles. The minimum atomic E-state index is -0.878. The number of benzene rings is 1. The van der Waals surface area contributed by atoms with E-state index in [0.717, 1.165) is 25.7 Å². The van der Waals surface area contributed by atoms with Gasteiger partial charge in [0.15, 0.2) is 5.69 Å². The van der Waals surface area contributed by atoms with Gasteiger partial charge in [-0.15, -0.1) is 5.10 Å². The Labute approximate surface area is 156 Å². The van der Waals surface area contributed by atoms with Crippen LogP contribution in [0.15, 0.2) is 30.5 Å². The van der Waals surface area contributed by atoms with Crippen LogP contribution in [0, 0.1) is 11.7 Å². The Balaban J connectivity index is 1.66. The monoisotopic (exact) mass is 374 g/mol. The average molecular weight is 374 g/mol. The SMILES string of the molecule is O=C(NC1CCCCCCC1C(=O)O)c1cn(Cc2cccc(F)c2)nn1. The molecule has 1 aliphatic rings. The van der Waals surface area contributed by atoms with E-state index in [-0.39, 0.29) is 11.5 Å². The van der Waals surface area contributed by atoms with Gasteiger partial charge in [-0.2, -0.15) is 0 Å². The summed E-state index contributed by atoms with van der Waals surface area (Å²) in [5.74, 6) is -2.24. The third-order valence-electron chi connectivity index (χ3n) is 4.90. The molecule has 1 aromatic carbocycles. The van der Waals surface area contributed by atoms with E-state index in [1.165, 1.54) is 23.0 Å². The molecule has 7 nitrogen and oxygen atoms in total. The number of nitrogens with zero attached hydrogens (tertiary/aromatic N) is 3. The number of carboxylic acid groups (broad SMARTS) is 1. The lowest BCUT2D eigenvalue weighted by molar-refractivity contribution is -0.143. The van der Waals surface area contributed by atoms with Crippen LogP contribution in [0.2, 0.25) is 0 Å². The molecular formula is C19H23FN4O3. The molecule has 2 atom stereocenters. The van der Waals surface area contributed by atoms with Crippen LogP contribution in [-0.2, 0) is 11.3 Å².